The first-order valence-electron chi connectivity index (χ1n) is 7.75. The number of nitrogens with zero attached hydrogens (tertiary/aromatic N) is 1. The van der Waals surface area contributed by atoms with Crippen LogP contribution in [0.25, 0.3) is 10.9 Å². The van der Waals surface area contributed by atoms with Gasteiger partial charge in [0, 0.05) is 10.8 Å². The van der Waals surface area contributed by atoms with Crippen LogP contribution in [-0.4, -0.2) is 42.5 Å². The molecule has 0 fully saturated rings. The summed E-state index contributed by atoms with van der Waals surface area (Å²) in [5.74, 6) is 0.458. The third kappa shape index (κ3) is 3.62. The van der Waals surface area contributed by atoms with Gasteiger partial charge in [0.05, 0.1) is 32.0 Å². The molecule has 2 heterocycles. The number of fused-ring (bicyclic) bond motifs is 1. The van der Waals surface area contributed by atoms with Gasteiger partial charge >= 0.3 is 0 Å². The van der Waals surface area contributed by atoms with Crippen LogP contribution in [0.2, 0.25) is 0 Å². The Morgan fingerprint density at radius 1 is 1.23 bits per heavy atom. The number of aromatic amines is 1. The predicted octanol–water partition coefficient (Wildman–Crippen LogP) is 2.32. The van der Waals surface area contributed by atoms with Gasteiger partial charge in [-0.25, -0.2) is 4.98 Å². The van der Waals surface area contributed by atoms with Crippen LogP contribution in [0, 0.1) is 6.92 Å². The highest BCUT2D eigenvalue weighted by molar-refractivity contribution is 7.13. The van der Waals surface area contributed by atoms with Gasteiger partial charge in [0.1, 0.15) is 17.2 Å². The molecule has 26 heavy (non-hydrogen) atoms. The second-order valence-corrected chi connectivity index (χ2v) is 6.32. The molecule has 0 spiro atoms. The number of hydrogen-bond donors (Lipinski definition) is 3. The van der Waals surface area contributed by atoms with Gasteiger partial charge < -0.3 is 25.1 Å². The monoisotopic (exact) mass is 374 g/mol. The summed E-state index contributed by atoms with van der Waals surface area (Å²) < 4.78 is 10.6. The minimum atomic E-state index is -0.407. The van der Waals surface area contributed by atoms with Crippen molar-refractivity contribution in [3.05, 3.63) is 35.0 Å². The van der Waals surface area contributed by atoms with Crippen molar-refractivity contribution >= 4 is 39.2 Å². The van der Waals surface area contributed by atoms with Crippen molar-refractivity contribution in [1.29, 1.82) is 0 Å². The van der Waals surface area contributed by atoms with E-state index in [-0.39, 0.29) is 12.5 Å². The number of anilines is 1. The molecule has 3 rings (SSSR count). The minimum Gasteiger partial charge on any atom is -0.496 e. The molecule has 1 aromatic carbocycles. The van der Waals surface area contributed by atoms with Crippen LogP contribution >= 0.6 is 11.3 Å². The number of benzene rings is 1. The fraction of sp³-hybridized carbons (Fsp3) is 0.235. The summed E-state index contributed by atoms with van der Waals surface area (Å²) >= 11 is 1.33. The first kappa shape index (κ1) is 17.7. The van der Waals surface area contributed by atoms with E-state index in [1.807, 2.05) is 12.3 Å². The van der Waals surface area contributed by atoms with Crippen LogP contribution in [0.4, 0.5) is 5.13 Å². The molecule has 0 aliphatic carbocycles. The van der Waals surface area contributed by atoms with E-state index in [1.165, 1.54) is 11.3 Å². The molecule has 2 aromatic heterocycles. The number of hydrogen-bond acceptors (Lipinski definition) is 6. The summed E-state index contributed by atoms with van der Waals surface area (Å²) in [6, 6.07) is 5.18. The molecule has 136 valence electrons. The number of carbonyl (C=O) groups is 2. The van der Waals surface area contributed by atoms with E-state index in [9.17, 15) is 9.59 Å². The number of H-pyrrole nitrogens is 1. The van der Waals surface area contributed by atoms with Crippen LogP contribution in [-0.2, 0) is 4.79 Å². The van der Waals surface area contributed by atoms with Gasteiger partial charge in [-0.2, -0.15) is 0 Å². The number of thiazole rings is 1. The lowest BCUT2D eigenvalue weighted by molar-refractivity contribution is -0.115. The van der Waals surface area contributed by atoms with Crippen molar-refractivity contribution in [3.63, 3.8) is 0 Å². The standard InChI is InChI=1S/C17H18N4O4S/c1-9-8-26-17(19-9)21-14(22)7-18-16(23)11-6-10-12(24-2)4-5-13(25-3)15(10)20-11/h4-6,8,20H,7H2,1-3H3,(H,18,23)(H,19,21,22). The van der Waals surface area contributed by atoms with Gasteiger partial charge in [-0.05, 0) is 25.1 Å². The molecule has 0 aliphatic heterocycles. The maximum Gasteiger partial charge on any atom is 0.268 e. The molecule has 0 aliphatic rings. The maximum atomic E-state index is 12.4. The van der Waals surface area contributed by atoms with E-state index in [1.54, 1.807) is 32.4 Å². The average molecular weight is 374 g/mol. The molecule has 3 aromatic rings. The quantitative estimate of drug-likeness (QED) is 0.614. The van der Waals surface area contributed by atoms with Crippen molar-refractivity contribution in [2.24, 2.45) is 0 Å². The van der Waals surface area contributed by atoms with Crippen LogP contribution in [0.15, 0.2) is 23.6 Å². The molecule has 2 amide bonds. The highest BCUT2D eigenvalue weighted by atomic mass is 32.1. The number of ether oxygens (including phenoxy) is 2. The fourth-order valence-electron chi connectivity index (χ4n) is 2.47. The highest BCUT2D eigenvalue weighted by Gasteiger charge is 2.16. The van der Waals surface area contributed by atoms with Crippen molar-refractivity contribution in [3.8, 4) is 11.5 Å². The van der Waals surface area contributed by atoms with Gasteiger partial charge in [-0.15, -0.1) is 11.3 Å². The zero-order chi connectivity index (χ0) is 18.7. The van der Waals surface area contributed by atoms with Crippen LogP contribution < -0.4 is 20.1 Å². The minimum absolute atomic E-state index is 0.166. The van der Waals surface area contributed by atoms with E-state index in [0.717, 1.165) is 11.1 Å². The Hall–Kier alpha value is -3.07. The number of methoxy groups -OCH3 is 2. The molecule has 0 saturated carbocycles. The van der Waals surface area contributed by atoms with E-state index in [4.69, 9.17) is 9.47 Å². The Morgan fingerprint density at radius 3 is 2.62 bits per heavy atom. The summed E-state index contributed by atoms with van der Waals surface area (Å²) in [6.45, 7) is 1.67. The normalized spacial score (nSPS) is 10.6. The molecule has 8 nitrogen and oxygen atoms in total. The Balaban J connectivity index is 1.70. The molecular weight excluding hydrogens is 356 g/mol. The van der Waals surface area contributed by atoms with Gasteiger partial charge in [0.25, 0.3) is 5.91 Å². The molecule has 0 atom stereocenters. The summed E-state index contributed by atoms with van der Waals surface area (Å²) in [5.41, 5.74) is 1.79. The van der Waals surface area contributed by atoms with E-state index < -0.39 is 5.91 Å². The second kappa shape index (κ2) is 7.44. The Labute approximate surface area is 153 Å². The summed E-state index contributed by atoms with van der Waals surface area (Å²) in [4.78, 5) is 31.4. The van der Waals surface area contributed by atoms with Gasteiger partial charge in [-0.3, -0.25) is 9.59 Å². The summed E-state index contributed by atoms with van der Waals surface area (Å²) in [5, 5.41) is 8.27. The van der Waals surface area contributed by atoms with Crippen LogP contribution in [0.3, 0.4) is 0 Å². The Bertz CT molecular complexity index is 922. The smallest absolute Gasteiger partial charge is 0.268 e. The first-order chi connectivity index (χ1) is 12.5. The molecule has 0 radical (unpaired) electrons. The van der Waals surface area contributed by atoms with Crippen LogP contribution in [0.5, 0.6) is 11.5 Å². The van der Waals surface area contributed by atoms with E-state index in [2.05, 4.69) is 20.6 Å². The second-order valence-electron chi connectivity index (χ2n) is 5.47. The molecule has 0 unspecified atom stereocenters. The predicted molar refractivity (Wildman–Crippen MR) is 99.2 cm³/mol. The fourth-order valence-corrected chi connectivity index (χ4v) is 3.17. The van der Waals surface area contributed by atoms with Crippen molar-refractivity contribution in [2.45, 2.75) is 6.92 Å². The largest absolute Gasteiger partial charge is 0.496 e. The number of amides is 2. The van der Waals surface area contributed by atoms with Gasteiger partial charge in [0.2, 0.25) is 5.91 Å². The molecular formula is C17H18N4O4S. The molecule has 9 heteroatoms. The number of rotatable bonds is 6. The topological polar surface area (TPSA) is 105 Å². The lowest BCUT2D eigenvalue weighted by atomic mass is 10.2. The third-order valence-electron chi connectivity index (χ3n) is 3.67. The van der Waals surface area contributed by atoms with E-state index in [0.29, 0.717) is 27.8 Å². The lowest BCUT2D eigenvalue weighted by Crippen LogP contribution is -2.33. The SMILES string of the molecule is COc1ccc(OC)c2[nH]c(C(=O)NCC(=O)Nc3nc(C)cs3)cc12. The van der Waals surface area contributed by atoms with Crippen molar-refractivity contribution < 1.29 is 19.1 Å². The highest BCUT2D eigenvalue weighted by Crippen LogP contribution is 2.33. The zero-order valence-corrected chi connectivity index (χ0v) is 15.3. The van der Waals surface area contributed by atoms with Gasteiger partial charge in [0.15, 0.2) is 5.13 Å². The number of aryl methyl sites for hydroxylation is 1. The van der Waals surface area contributed by atoms with Crippen molar-refractivity contribution in [2.75, 3.05) is 26.1 Å². The number of nitrogens with one attached hydrogen (secondary N) is 3. The summed E-state index contributed by atoms with van der Waals surface area (Å²) in [7, 11) is 3.10. The maximum absolute atomic E-state index is 12.4. The first-order valence-corrected chi connectivity index (χ1v) is 8.63. The third-order valence-corrected chi connectivity index (χ3v) is 4.55. The van der Waals surface area contributed by atoms with Crippen LogP contribution in [0.1, 0.15) is 16.2 Å². The van der Waals surface area contributed by atoms with E-state index >= 15 is 0 Å². The molecule has 0 bridgehead atoms. The number of carbonyl (C=O) groups excluding carboxylic acids is 2. The zero-order valence-electron chi connectivity index (χ0n) is 14.5. The summed E-state index contributed by atoms with van der Waals surface area (Å²) in [6.07, 6.45) is 0. The average Bonchev–Trinajstić information content (AvgIpc) is 3.25. The van der Waals surface area contributed by atoms with Crippen molar-refractivity contribution in [1.82, 2.24) is 15.3 Å². The Morgan fingerprint density at radius 2 is 1.96 bits per heavy atom. The molecule has 0 saturated heterocycles. The lowest BCUT2D eigenvalue weighted by Gasteiger charge is -2.05. The van der Waals surface area contributed by atoms with Gasteiger partial charge in [-0.1, -0.05) is 0 Å². The molecule has 3 N–H and O–H groups in total. The Kier molecular flexibility index (Phi) is 5.08. The number of aromatic nitrogens is 2.